The largest absolute Gasteiger partial charge is 0.307 e. The lowest BCUT2D eigenvalue weighted by molar-refractivity contribution is -0.786. The van der Waals surface area contributed by atoms with Crippen molar-refractivity contribution in [2.75, 3.05) is 14.1 Å². The molecule has 0 aliphatic heterocycles. The van der Waals surface area contributed by atoms with Crippen molar-refractivity contribution in [3.63, 3.8) is 0 Å². The second kappa shape index (κ2) is 14.2. The molecule has 0 bridgehead atoms. The predicted octanol–water partition coefficient (Wildman–Crippen LogP) is 6.15. The average Bonchev–Trinajstić information content (AvgIpc) is 3.09. The van der Waals surface area contributed by atoms with Gasteiger partial charge in [0.1, 0.15) is 23.5 Å². The number of nitrogens with one attached hydrogen (secondary N) is 1. The average molecular weight is 609 g/mol. The highest BCUT2D eigenvalue weighted by atomic mass is 19.2. The van der Waals surface area contributed by atoms with E-state index in [2.05, 4.69) is 58.1 Å². The summed E-state index contributed by atoms with van der Waals surface area (Å²) in [5.41, 5.74) is 3.69. The number of hydrogen-bond donors (Lipinski definition) is 1. The molecule has 0 spiro atoms. The normalized spacial score (nSPS) is 11.0. The minimum absolute atomic E-state index is 0.363. The van der Waals surface area contributed by atoms with Crippen LogP contribution in [0.3, 0.4) is 0 Å². The molecular weight excluding hydrogens is 576 g/mol. The summed E-state index contributed by atoms with van der Waals surface area (Å²) < 4.78 is 74.7. The summed E-state index contributed by atoms with van der Waals surface area (Å²) in [6.45, 7) is 11.2. The van der Waals surface area contributed by atoms with Gasteiger partial charge >= 0.3 is 0 Å². The monoisotopic (exact) mass is 609 g/mol. The van der Waals surface area contributed by atoms with Gasteiger partial charge in [-0.3, -0.25) is 0 Å². The molecule has 0 saturated heterocycles. The maximum Gasteiger partial charge on any atom is 0.200 e. The Balaban J connectivity index is 0.000000440. The molecule has 0 atom stereocenters. The number of benzene rings is 5. The molecule has 1 nitrogen and oxygen atoms in total. The third kappa shape index (κ3) is 6.45. The van der Waals surface area contributed by atoms with Gasteiger partial charge in [-0.15, -0.1) is 5.46 Å². The van der Waals surface area contributed by atoms with Gasteiger partial charge in [-0.25, -0.2) is 22.0 Å². The van der Waals surface area contributed by atoms with Crippen LogP contribution in [-0.4, -0.2) is 20.2 Å². The Bertz CT molecular complexity index is 1640. The van der Waals surface area contributed by atoms with E-state index in [9.17, 15) is 13.2 Å². The smallest absolute Gasteiger partial charge is 0.200 e. The van der Waals surface area contributed by atoms with Gasteiger partial charge in [0, 0.05) is 0 Å². The van der Waals surface area contributed by atoms with Gasteiger partial charge in [0.05, 0.1) is 14.1 Å². The van der Waals surface area contributed by atoms with E-state index in [4.69, 9.17) is 0 Å². The summed E-state index contributed by atoms with van der Waals surface area (Å²) in [6.07, 6.45) is 1.89. The molecule has 5 aromatic carbocycles. The molecule has 0 aliphatic rings. The van der Waals surface area contributed by atoms with E-state index in [1.807, 2.05) is 6.07 Å². The summed E-state index contributed by atoms with van der Waals surface area (Å²) in [5.74, 6) is -9.95. The lowest BCUT2D eigenvalue weighted by atomic mass is 9.13. The lowest BCUT2D eigenvalue weighted by Crippen LogP contribution is -3.00. The highest BCUT2D eigenvalue weighted by molar-refractivity contribution is 7.20. The zero-order valence-corrected chi connectivity index (χ0v) is 25.1. The first kappa shape index (κ1) is 32.9. The van der Waals surface area contributed by atoms with Gasteiger partial charge in [-0.2, -0.15) is 16.4 Å². The molecule has 0 aliphatic carbocycles. The highest BCUT2D eigenvalue weighted by Gasteiger charge is 2.39. The first-order chi connectivity index (χ1) is 21.6. The molecule has 0 heterocycles. The van der Waals surface area contributed by atoms with Crippen molar-refractivity contribution in [3.05, 3.63) is 169 Å². The van der Waals surface area contributed by atoms with Gasteiger partial charge in [-0.05, 0) is 28.8 Å². The molecule has 0 fully saturated rings. The molecular formula is C38H33BF5N. The Morgan fingerprint density at radius 1 is 0.467 bits per heavy atom. The van der Waals surface area contributed by atoms with E-state index in [1.54, 1.807) is 91.0 Å². The highest BCUT2D eigenvalue weighted by Crippen LogP contribution is 2.22. The van der Waals surface area contributed by atoms with Crippen LogP contribution in [-0.2, 0) is 0 Å². The summed E-state index contributed by atoms with van der Waals surface area (Å²) in [5, 5.41) is 0. The summed E-state index contributed by atoms with van der Waals surface area (Å²) in [7, 11) is 4.24. The Morgan fingerprint density at radius 3 is 1.04 bits per heavy atom. The SMILES string of the molecule is C=Cc1ccc([B-](c2ccc(C=C)cc2)(c2ccc(C=C)cc2)c2c(F)c(F)c(F)c(F)c2F)cc1.C[NH+](C)c1ccccc1. The van der Waals surface area contributed by atoms with E-state index in [1.165, 1.54) is 10.6 Å². The van der Waals surface area contributed by atoms with E-state index < -0.39 is 40.7 Å². The molecule has 7 heteroatoms. The van der Waals surface area contributed by atoms with Gasteiger partial charge in [-0.1, -0.05) is 129 Å². The van der Waals surface area contributed by atoms with Gasteiger partial charge < -0.3 is 4.90 Å². The quantitative estimate of drug-likeness (QED) is 0.0932. The van der Waals surface area contributed by atoms with Crippen LogP contribution in [0.2, 0.25) is 0 Å². The second-order valence-corrected chi connectivity index (χ2v) is 10.8. The van der Waals surface area contributed by atoms with Crippen molar-refractivity contribution in [2.45, 2.75) is 0 Å². The number of halogens is 5. The minimum atomic E-state index is -2.88. The molecule has 45 heavy (non-hydrogen) atoms. The minimum Gasteiger partial charge on any atom is -0.307 e. The summed E-state index contributed by atoms with van der Waals surface area (Å²) in [4.78, 5) is 1.37. The van der Waals surface area contributed by atoms with Crippen LogP contribution in [0.25, 0.3) is 18.2 Å². The molecule has 0 amide bonds. The van der Waals surface area contributed by atoms with Gasteiger partial charge in [0.15, 0.2) is 17.5 Å². The van der Waals surface area contributed by atoms with Crippen LogP contribution in [0.5, 0.6) is 0 Å². The standard InChI is InChI=1S/C30H21BF5.C8H11N/c1-4-19-7-13-22(14-8-19)31(23-15-9-20(5-2)10-16-23,24-17-11-21(6-3)12-18-24)25-26(32)28(34)30(36)29(35)27(25)33;1-9(2)8-6-4-3-5-7-8/h4-18H,1-3H2;3-7H,1-2H3/q-1;/p+1. The predicted molar refractivity (Wildman–Crippen MR) is 179 cm³/mol. The van der Waals surface area contributed by atoms with Gasteiger partial charge in [0.25, 0.3) is 0 Å². The van der Waals surface area contributed by atoms with Gasteiger partial charge in [0.2, 0.25) is 0 Å². The van der Waals surface area contributed by atoms with Crippen LogP contribution in [0.15, 0.2) is 123 Å². The van der Waals surface area contributed by atoms with E-state index in [0.717, 1.165) is 16.7 Å². The molecule has 0 unspecified atom stereocenters. The lowest BCUT2D eigenvalue weighted by Gasteiger charge is -2.44. The second-order valence-electron chi connectivity index (χ2n) is 10.8. The Kier molecular flexibility index (Phi) is 10.4. The Hall–Kier alpha value is -5.01. The molecule has 228 valence electrons. The summed E-state index contributed by atoms with van der Waals surface area (Å²) in [6, 6.07) is 30.2. The molecule has 1 N–H and O–H groups in total. The van der Waals surface area contributed by atoms with E-state index in [-0.39, 0.29) is 0 Å². The van der Waals surface area contributed by atoms with Crippen LogP contribution in [0.4, 0.5) is 27.6 Å². The maximum absolute atomic E-state index is 15.6. The van der Waals surface area contributed by atoms with Crippen molar-refractivity contribution in [1.82, 2.24) is 0 Å². The maximum atomic E-state index is 15.6. The molecule has 0 saturated carbocycles. The fourth-order valence-corrected chi connectivity index (χ4v) is 5.61. The zero-order valence-electron chi connectivity index (χ0n) is 25.1. The van der Waals surface area contributed by atoms with Crippen molar-refractivity contribution in [1.29, 1.82) is 0 Å². The van der Waals surface area contributed by atoms with Crippen LogP contribution in [0.1, 0.15) is 16.7 Å². The van der Waals surface area contributed by atoms with Crippen molar-refractivity contribution in [3.8, 4) is 0 Å². The fraction of sp³-hybridized carbons (Fsp3) is 0.0526. The number of para-hydroxylation sites is 1. The number of rotatable bonds is 8. The van der Waals surface area contributed by atoms with E-state index >= 15 is 8.78 Å². The van der Waals surface area contributed by atoms with Crippen LogP contribution < -0.4 is 26.8 Å². The third-order valence-electron chi connectivity index (χ3n) is 8.04. The van der Waals surface area contributed by atoms with Crippen LogP contribution >= 0.6 is 0 Å². The number of hydrogen-bond acceptors (Lipinski definition) is 0. The van der Waals surface area contributed by atoms with Crippen molar-refractivity contribution >= 4 is 51.9 Å². The Labute approximate surface area is 261 Å². The van der Waals surface area contributed by atoms with E-state index in [0.29, 0.717) is 16.4 Å². The first-order valence-electron chi connectivity index (χ1n) is 14.3. The molecule has 0 radical (unpaired) electrons. The molecule has 5 aromatic rings. The molecule has 0 aromatic heterocycles. The zero-order chi connectivity index (χ0) is 32.7. The topological polar surface area (TPSA) is 4.44 Å². The van der Waals surface area contributed by atoms with Crippen molar-refractivity contribution < 1.29 is 26.9 Å². The fourth-order valence-electron chi connectivity index (χ4n) is 5.61. The van der Waals surface area contributed by atoms with Crippen LogP contribution in [0, 0.1) is 29.1 Å². The third-order valence-corrected chi connectivity index (χ3v) is 8.04. The first-order valence-corrected chi connectivity index (χ1v) is 14.3. The number of quaternary nitrogens is 1. The Morgan fingerprint density at radius 2 is 0.778 bits per heavy atom. The molecule has 5 rings (SSSR count). The van der Waals surface area contributed by atoms with Crippen molar-refractivity contribution in [2.24, 2.45) is 0 Å². The summed E-state index contributed by atoms with van der Waals surface area (Å²) >= 11 is 0.